The lowest BCUT2D eigenvalue weighted by molar-refractivity contribution is -0.116. The highest BCUT2D eigenvalue weighted by atomic mass is 16.3. The maximum absolute atomic E-state index is 10.4. The molecule has 46 valence electrons. The average Bonchev–Trinajstić information content (AvgIpc) is 1.80. The molecule has 0 aromatic heterocycles. The van der Waals surface area contributed by atoms with Gasteiger partial charge in [-0.15, -0.1) is 0 Å². The van der Waals surface area contributed by atoms with Crippen molar-refractivity contribution >= 4 is 11.6 Å². The molecule has 0 amide bonds. The molecule has 0 radical (unpaired) electrons. The van der Waals surface area contributed by atoms with Crippen molar-refractivity contribution in [2.45, 2.75) is 0 Å². The maximum Gasteiger partial charge on any atom is 0.220 e. The molecule has 0 aliphatic heterocycles. The molecule has 0 saturated heterocycles. The Labute approximate surface area is 51.3 Å². The zero-order chi connectivity index (χ0) is 6.85. The van der Waals surface area contributed by atoms with Gasteiger partial charge in [0.05, 0.1) is 0 Å². The van der Waals surface area contributed by atoms with Gasteiger partial charge in [0.25, 0.3) is 0 Å². The predicted molar refractivity (Wildman–Crippen MR) is 29.9 cm³/mol. The number of hydrogen-bond donors (Lipinski definition) is 1. The third-order valence-corrected chi connectivity index (χ3v) is 0.930. The monoisotopic (exact) mass is 124 g/mol. The van der Waals surface area contributed by atoms with E-state index in [1.54, 1.807) is 0 Å². The summed E-state index contributed by atoms with van der Waals surface area (Å²) < 4.78 is 0. The van der Waals surface area contributed by atoms with Crippen LogP contribution in [0.15, 0.2) is 24.0 Å². The molecule has 0 aromatic carbocycles. The Hall–Kier alpha value is -1.38. The van der Waals surface area contributed by atoms with Gasteiger partial charge in [-0.25, -0.2) is 0 Å². The normalized spacial score (nSPS) is 18.0. The fourth-order valence-corrected chi connectivity index (χ4v) is 0.497. The largest absolute Gasteiger partial charge is 0.504 e. The molecule has 0 spiro atoms. The zero-order valence-electron chi connectivity index (χ0n) is 4.50. The number of aliphatic hydroxyl groups is 1. The molecule has 0 saturated carbocycles. The highest BCUT2D eigenvalue weighted by Crippen LogP contribution is 1.99. The zero-order valence-corrected chi connectivity index (χ0v) is 4.50. The number of carbonyl (C=O) groups is 2. The lowest BCUT2D eigenvalue weighted by Crippen LogP contribution is -2.05. The minimum absolute atomic E-state index is 0.355. The lowest BCUT2D eigenvalue weighted by Gasteiger charge is -1.95. The van der Waals surface area contributed by atoms with Crippen molar-refractivity contribution in [1.82, 2.24) is 0 Å². The standard InChI is InChI=1S/C6H4O3/c7-4-1-2-5(8)6(9)3-4/h1-3,9H. The summed E-state index contributed by atoms with van der Waals surface area (Å²) in [6.45, 7) is 0. The third kappa shape index (κ3) is 1.05. The van der Waals surface area contributed by atoms with Gasteiger partial charge >= 0.3 is 0 Å². The van der Waals surface area contributed by atoms with Gasteiger partial charge in [0.2, 0.25) is 5.78 Å². The second kappa shape index (κ2) is 1.85. The van der Waals surface area contributed by atoms with E-state index in [-0.39, 0.29) is 5.78 Å². The van der Waals surface area contributed by atoms with Crippen LogP contribution in [0.5, 0.6) is 0 Å². The van der Waals surface area contributed by atoms with Crippen LogP contribution in [0.2, 0.25) is 0 Å². The second-order valence-electron chi connectivity index (χ2n) is 1.63. The predicted octanol–water partition coefficient (Wildman–Crippen LogP) is 0.136. The molecule has 1 rings (SSSR count). The molecule has 0 aromatic rings. The molecule has 0 bridgehead atoms. The number of ketones is 2. The third-order valence-electron chi connectivity index (χ3n) is 0.930. The summed E-state index contributed by atoms with van der Waals surface area (Å²) in [5, 5.41) is 8.59. The molecule has 1 aliphatic rings. The van der Waals surface area contributed by atoms with Crippen molar-refractivity contribution in [1.29, 1.82) is 0 Å². The molecule has 1 aliphatic carbocycles. The van der Waals surface area contributed by atoms with E-state index >= 15 is 0 Å². The van der Waals surface area contributed by atoms with Gasteiger partial charge in [-0.05, 0) is 12.2 Å². The topological polar surface area (TPSA) is 54.4 Å². The molecule has 3 nitrogen and oxygen atoms in total. The first-order valence-corrected chi connectivity index (χ1v) is 2.37. The van der Waals surface area contributed by atoms with E-state index in [0.717, 1.165) is 18.2 Å². The SMILES string of the molecule is O=C1C=CC(=O)C(O)=C1. The first-order valence-electron chi connectivity index (χ1n) is 2.37. The summed E-state index contributed by atoms with van der Waals surface area (Å²) in [6.07, 6.45) is 3.04. The van der Waals surface area contributed by atoms with Crippen LogP contribution in [0.4, 0.5) is 0 Å². The van der Waals surface area contributed by atoms with E-state index in [1.807, 2.05) is 0 Å². The summed E-state index contributed by atoms with van der Waals surface area (Å²) in [4.78, 5) is 20.7. The van der Waals surface area contributed by atoms with E-state index in [2.05, 4.69) is 0 Å². The molecule has 1 N–H and O–H groups in total. The van der Waals surface area contributed by atoms with Crippen LogP contribution < -0.4 is 0 Å². The number of allylic oxidation sites excluding steroid dienone is 3. The van der Waals surface area contributed by atoms with Crippen LogP contribution in [-0.2, 0) is 9.59 Å². The number of hydrogen-bond acceptors (Lipinski definition) is 3. The van der Waals surface area contributed by atoms with Crippen molar-refractivity contribution < 1.29 is 14.7 Å². The van der Waals surface area contributed by atoms with Crippen LogP contribution >= 0.6 is 0 Å². The number of carbonyl (C=O) groups excluding carboxylic acids is 2. The lowest BCUT2D eigenvalue weighted by atomic mass is 10.1. The van der Waals surface area contributed by atoms with Crippen molar-refractivity contribution in [3.8, 4) is 0 Å². The molecule has 0 unspecified atom stereocenters. The van der Waals surface area contributed by atoms with Crippen LogP contribution in [0, 0.1) is 0 Å². The van der Waals surface area contributed by atoms with Gasteiger partial charge in [0, 0.05) is 6.08 Å². The first-order chi connectivity index (χ1) is 4.20. The fraction of sp³-hybridized carbons (Fsp3) is 0. The van der Waals surface area contributed by atoms with Crippen molar-refractivity contribution in [3.05, 3.63) is 24.0 Å². The number of aliphatic hydroxyl groups excluding tert-OH is 1. The molecule has 3 heteroatoms. The average molecular weight is 124 g/mol. The maximum atomic E-state index is 10.4. The van der Waals surface area contributed by atoms with E-state index in [0.29, 0.717) is 0 Å². The van der Waals surface area contributed by atoms with Gasteiger partial charge in [-0.2, -0.15) is 0 Å². The van der Waals surface area contributed by atoms with Crippen LogP contribution in [0.1, 0.15) is 0 Å². The summed E-state index contributed by atoms with van der Waals surface area (Å²) in [5.74, 6) is -1.36. The smallest absolute Gasteiger partial charge is 0.220 e. The summed E-state index contributed by atoms with van der Waals surface area (Å²) in [6, 6.07) is 0. The molecule has 0 atom stereocenters. The Morgan fingerprint density at radius 3 is 2.33 bits per heavy atom. The Morgan fingerprint density at radius 2 is 1.89 bits per heavy atom. The van der Waals surface area contributed by atoms with Crippen LogP contribution in [0.3, 0.4) is 0 Å². The molecule has 9 heavy (non-hydrogen) atoms. The second-order valence-corrected chi connectivity index (χ2v) is 1.63. The van der Waals surface area contributed by atoms with Gasteiger partial charge < -0.3 is 5.11 Å². The van der Waals surface area contributed by atoms with Gasteiger partial charge in [-0.1, -0.05) is 0 Å². The van der Waals surface area contributed by atoms with Gasteiger partial charge in [0.1, 0.15) is 0 Å². The number of rotatable bonds is 0. The van der Waals surface area contributed by atoms with Crippen LogP contribution in [-0.4, -0.2) is 16.7 Å². The Kier molecular flexibility index (Phi) is 1.18. The molecular formula is C6H4O3. The fourth-order valence-electron chi connectivity index (χ4n) is 0.497. The Bertz CT molecular complexity index is 222. The summed E-state index contributed by atoms with van der Waals surface area (Å²) in [7, 11) is 0. The summed E-state index contributed by atoms with van der Waals surface area (Å²) >= 11 is 0. The van der Waals surface area contributed by atoms with E-state index in [1.165, 1.54) is 0 Å². The Morgan fingerprint density at radius 1 is 1.22 bits per heavy atom. The highest BCUT2D eigenvalue weighted by Gasteiger charge is 2.09. The minimum atomic E-state index is -0.519. The van der Waals surface area contributed by atoms with E-state index in [4.69, 9.17) is 5.11 Å². The van der Waals surface area contributed by atoms with E-state index < -0.39 is 11.5 Å². The molecule has 0 heterocycles. The minimum Gasteiger partial charge on any atom is -0.504 e. The van der Waals surface area contributed by atoms with Gasteiger partial charge in [-0.3, -0.25) is 9.59 Å². The van der Waals surface area contributed by atoms with E-state index in [9.17, 15) is 9.59 Å². The summed E-state index contributed by atoms with van der Waals surface area (Å²) in [5.41, 5.74) is 0. The first kappa shape index (κ1) is 5.75. The highest BCUT2D eigenvalue weighted by molar-refractivity contribution is 6.15. The van der Waals surface area contributed by atoms with Crippen LogP contribution in [0.25, 0.3) is 0 Å². The van der Waals surface area contributed by atoms with Crippen molar-refractivity contribution in [2.24, 2.45) is 0 Å². The molecular weight excluding hydrogens is 120 g/mol. The van der Waals surface area contributed by atoms with Crippen molar-refractivity contribution in [2.75, 3.05) is 0 Å². The van der Waals surface area contributed by atoms with Crippen molar-refractivity contribution in [3.63, 3.8) is 0 Å². The van der Waals surface area contributed by atoms with Gasteiger partial charge in [0.15, 0.2) is 11.5 Å². The molecule has 0 fully saturated rings. The quantitative estimate of drug-likeness (QED) is 0.467. The Balaban J connectivity index is 2.95.